The maximum Gasteiger partial charge on any atom is 0.243 e. The first-order valence-corrected chi connectivity index (χ1v) is 8.75. The van der Waals surface area contributed by atoms with Gasteiger partial charge in [-0.3, -0.25) is 14.6 Å². The van der Waals surface area contributed by atoms with Crippen molar-refractivity contribution >= 4 is 5.91 Å². The van der Waals surface area contributed by atoms with Crippen LogP contribution in [-0.4, -0.2) is 52.0 Å². The molecule has 0 unspecified atom stereocenters. The van der Waals surface area contributed by atoms with Crippen LogP contribution in [0.5, 0.6) is 0 Å². The van der Waals surface area contributed by atoms with Gasteiger partial charge in [0.25, 0.3) is 0 Å². The summed E-state index contributed by atoms with van der Waals surface area (Å²) in [5.41, 5.74) is 6.62. The average molecular weight is 343 g/mol. The maximum atomic E-state index is 12.0. The lowest BCUT2D eigenvalue weighted by Gasteiger charge is -2.39. The molecule has 1 saturated heterocycles. The number of carbonyl (C=O) groups excluding carboxylic acids is 1. The molecule has 7 heteroatoms. The predicted octanol–water partition coefficient (Wildman–Crippen LogP) is 1.54. The van der Waals surface area contributed by atoms with E-state index in [0.717, 1.165) is 44.0 Å². The molecule has 2 aromatic rings. The van der Waals surface area contributed by atoms with Crippen molar-refractivity contribution in [3.63, 3.8) is 0 Å². The second-order valence-electron chi connectivity index (χ2n) is 6.37. The van der Waals surface area contributed by atoms with Crippen LogP contribution in [0.2, 0.25) is 0 Å². The van der Waals surface area contributed by atoms with Crippen molar-refractivity contribution < 1.29 is 9.32 Å². The van der Waals surface area contributed by atoms with E-state index in [4.69, 9.17) is 10.3 Å². The van der Waals surface area contributed by atoms with E-state index >= 15 is 0 Å². The van der Waals surface area contributed by atoms with Crippen LogP contribution >= 0.6 is 0 Å². The average Bonchev–Trinajstić information content (AvgIpc) is 3.12. The van der Waals surface area contributed by atoms with Crippen LogP contribution in [0.1, 0.15) is 43.2 Å². The number of rotatable bonds is 6. The van der Waals surface area contributed by atoms with E-state index in [2.05, 4.69) is 26.9 Å². The first-order chi connectivity index (χ1) is 12.1. The van der Waals surface area contributed by atoms with Gasteiger partial charge in [0, 0.05) is 32.6 Å². The van der Waals surface area contributed by atoms with E-state index in [-0.39, 0.29) is 18.0 Å². The van der Waals surface area contributed by atoms with E-state index in [1.807, 2.05) is 37.3 Å². The number of benzene rings is 1. The minimum absolute atomic E-state index is 0.0682. The number of hydrogen-bond acceptors (Lipinski definition) is 6. The molecule has 1 aliphatic heterocycles. The third-order valence-corrected chi connectivity index (χ3v) is 4.80. The highest BCUT2D eigenvalue weighted by Crippen LogP contribution is 2.25. The summed E-state index contributed by atoms with van der Waals surface area (Å²) in [5, 5.41) is 3.97. The van der Waals surface area contributed by atoms with Gasteiger partial charge in [-0.05, 0) is 12.5 Å². The number of primary amides is 1. The minimum atomic E-state index is -0.381. The van der Waals surface area contributed by atoms with Crippen LogP contribution in [0.3, 0.4) is 0 Å². The molecule has 134 valence electrons. The lowest BCUT2D eigenvalue weighted by atomic mass is 10.0. The van der Waals surface area contributed by atoms with Crippen molar-refractivity contribution in [2.24, 2.45) is 5.73 Å². The Morgan fingerprint density at radius 1 is 1.20 bits per heavy atom. The molecule has 25 heavy (non-hydrogen) atoms. The molecule has 0 radical (unpaired) electrons. The van der Waals surface area contributed by atoms with Crippen LogP contribution < -0.4 is 5.73 Å². The summed E-state index contributed by atoms with van der Waals surface area (Å²) in [5.74, 6) is 1.08. The number of amides is 1. The Morgan fingerprint density at radius 3 is 2.40 bits per heavy atom. The molecule has 1 aromatic heterocycles. The zero-order chi connectivity index (χ0) is 17.8. The monoisotopic (exact) mass is 343 g/mol. The topological polar surface area (TPSA) is 88.5 Å². The summed E-state index contributed by atoms with van der Waals surface area (Å²) in [7, 11) is 0. The molecule has 7 nitrogen and oxygen atoms in total. The number of nitrogens with zero attached hydrogens (tertiary/aromatic N) is 4. The van der Waals surface area contributed by atoms with Crippen molar-refractivity contribution in [2.75, 3.05) is 26.2 Å². The molecule has 0 bridgehead atoms. The standard InChI is InChI=1S/C18H25N5O2/c1-3-15-20-18(25-21-15)13(2)22-9-11-23(12-10-22)16(17(19)24)14-7-5-4-6-8-14/h4-8,13,16H,3,9-12H2,1-2H3,(H2,19,24)/t13-,16-/m0/s1. The number of hydrogen-bond donors (Lipinski definition) is 1. The second kappa shape index (κ2) is 7.76. The summed E-state index contributed by atoms with van der Waals surface area (Å²) in [6, 6.07) is 9.41. The molecule has 0 saturated carbocycles. The zero-order valence-corrected chi connectivity index (χ0v) is 14.8. The Bertz CT molecular complexity index is 695. The summed E-state index contributed by atoms with van der Waals surface area (Å²) >= 11 is 0. The fourth-order valence-corrected chi connectivity index (χ4v) is 3.31. The van der Waals surface area contributed by atoms with Crippen LogP contribution in [0.15, 0.2) is 34.9 Å². The largest absolute Gasteiger partial charge is 0.368 e. The highest BCUT2D eigenvalue weighted by Gasteiger charge is 2.31. The Balaban J connectivity index is 1.65. The lowest BCUT2D eigenvalue weighted by Crippen LogP contribution is -2.50. The van der Waals surface area contributed by atoms with Crippen molar-refractivity contribution in [2.45, 2.75) is 32.4 Å². The van der Waals surface area contributed by atoms with E-state index in [1.165, 1.54) is 0 Å². The zero-order valence-electron chi connectivity index (χ0n) is 14.8. The normalized spacial score (nSPS) is 18.8. The summed E-state index contributed by atoms with van der Waals surface area (Å²) < 4.78 is 5.36. The van der Waals surface area contributed by atoms with Gasteiger partial charge in [-0.1, -0.05) is 42.4 Å². The fraction of sp³-hybridized carbons (Fsp3) is 0.500. The molecule has 2 N–H and O–H groups in total. The third kappa shape index (κ3) is 3.88. The molecule has 2 atom stereocenters. The molecule has 1 fully saturated rings. The van der Waals surface area contributed by atoms with Crippen LogP contribution in [0.25, 0.3) is 0 Å². The van der Waals surface area contributed by atoms with Gasteiger partial charge < -0.3 is 10.3 Å². The Kier molecular flexibility index (Phi) is 5.45. The Labute approximate surface area is 147 Å². The quantitative estimate of drug-likeness (QED) is 0.856. The van der Waals surface area contributed by atoms with Gasteiger partial charge in [-0.2, -0.15) is 4.98 Å². The summed E-state index contributed by atoms with van der Waals surface area (Å²) in [4.78, 5) is 20.9. The van der Waals surface area contributed by atoms with Crippen molar-refractivity contribution in [3.05, 3.63) is 47.6 Å². The van der Waals surface area contributed by atoms with Gasteiger partial charge in [-0.25, -0.2) is 0 Å². The number of aryl methyl sites for hydroxylation is 1. The number of nitrogens with two attached hydrogens (primary N) is 1. The molecular weight excluding hydrogens is 318 g/mol. The summed E-state index contributed by atoms with van der Waals surface area (Å²) in [6.07, 6.45) is 0.765. The van der Waals surface area contributed by atoms with Crippen molar-refractivity contribution in [1.82, 2.24) is 19.9 Å². The molecular formula is C18H25N5O2. The van der Waals surface area contributed by atoms with E-state index < -0.39 is 0 Å². The molecule has 0 aliphatic carbocycles. The number of piperazine rings is 1. The maximum absolute atomic E-state index is 12.0. The van der Waals surface area contributed by atoms with Gasteiger partial charge in [0.15, 0.2) is 5.82 Å². The van der Waals surface area contributed by atoms with Crippen molar-refractivity contribution in [3.8, 4) is 0 Å². The van der Waals surface area contributed by atoms with Gasteiger partial charge in [-0.15, -0.1) is 0 Å². The first-order valence-electron chi connectivity index (χ1n) is 8.75. The molecule has 1 aromatic carbocycles. The third-order valence-electron chi connectivity index (χ3n) is 4.80. The van der Waals surface area contributed by atoms with Gasteiger partial charge in [0.2, 0.25) is 11.8 Å². The number of carbonyl (C=O) groups is 1. The van der Waals surface area contributed by atoms with Crippen LogP contribution in [-0.2, 0) is 11.2 Å². The molecule has 3 rings (SSSR count). The molecule has 1 aliphatic rings. The molecule has 2 heterocycles. The van der Waals surface area contributed by atoms with Gasteiger partial charge >= 0.3 is 0 Å². The number of aromatic nitrogens is 2. The Morgan fingerprint density at radius 2 is 1.84 bits per heavy atom. The van der Waals surface area contributed by atoms with E-state index in [9.17, 15) is 4.79 Å². The smallest absolute Gasteiger partial charge is 0.243 e. The summed E-state index contributed by atoms with van der Waals surface area (Å²) in [6.45, 7) is 7.25. The second-order valence-corrected chi connectivity index (χ2v) is 6.37. The van der Waals surface area contributed by atoms with Crippen molar-refractivity contribution in [1.29, 1.82) is 0 Å². The lowest BCUT2D eigenvalue weighted by molar-refractivity contribution is -0.124. The highest BCUT2D eigenvalue weighted by molar-refractivity contribution is 5.81. The minimum Gasteiger partial charge on any atom is -0.368 e. The van der Waals surface area contributed by atoms with Crippen LogP contribution in [0, 0.1) is 0 Å². The van der Waals surface area contributed by atoms with E-state index in [1.54, 1.807) is 0 Å². The van der Waals surface area contributed by atoms with E-state index in [0.29, 0.717) is 5.89 Å². The molecule has 1 amide bonds. The Hall–Kier alpha value is -2.25. The predicted molar refractivity (Wildman–Crippen MR) is 93.6 cm³/mol. The first kappa shape index (κ1) is 17.6. The highest BCUT2D eigenvalue weighted by atomic mass is 16.5. The molecule has 0 spiro atoms. The SMILES string of the molecule is CCc1noc([C@H](C)N2CCN([C@H](C(N)=O)c3ccccc3)CC2)n1. The van der Waals surface area contributed by atoms with Crippen LogP contribution in [0.4, 0.5) is 0 Å². The van der Waals surface area contributed by atoms with Gasteiger partial charge in [0.1, 0.15) is 6.04 Å². The van der Waals surface area contributed by atoms with Gasteiger partial charge in [0.05, 0.1) is 6.04 Å². The fourth-order valence-electron chi connectivity index (χ4n) is 3.31.